The van der Waals surface area contributed by atoms with Gasteiger partial charge in [-0.05, 0) is 50.6 Å². The van der Waals surface area contributed by atoms with E-state index in [9.17, 15) is 5.11 Å². The molecule has 0 aliphatic heterocycles. The number of aromatic nitrogens is 2. The van der Waals surface area contributed by atoms with Crippen LogP contribution in [0.2, 0.25) is 0 Å². The maximum Gasteiger partial charge on any atom is 0.227 e. The number of ether oxygens (including phenoxy) is 3. The third-order valence-electron chi connectivity index (χ3n) is 5.54. The number of hydrogen-bond acceptors (Lipinski definition) is 6. The standard InChI is InChI=1S/C27H37N3O4/c1-5-17-29(18-22(31)20-33-7-3)19-23-24(6-2)28-30(21-13-9-8-10-14-21)27(23)34-26-16-12-11-15-25(26)32-4/h8-16,22,31H,5-7,17-20H2,1-4H3/t22-/m0/s1. The van der Waals surface area contributed by atoms with E-state index in [0.717, 1.165) is 36.3 Å². The van der Waals surface area contributed by atoms with Crippen LogP contribution in [0.1, 0.15) is 38.4 Å². The van der Waals surface area contributed by atoms with Gasteiger partial charge < -0.3 is 19.3 Å². The molecule has 0 amide bonds. The lowest BCUT2D eigenvalue weighted by atomic mass is 10.1. The van der Waals surface area contributed by atoms with Gasteiger partial charge in [0.05, 0.1) is 36.8 Å². The third kappa shape index (κ3) is 6.59. The van der Waals surface area contributed by atoms with Crippen LogP contribution in [0.5, 0.6) is 17.4 Å². The largest absolute Gasteiger partial charge is 0.493 e. The van der Waals surface area contributed by atoms with Gasteiger partial charge >= 0.3 is 0 Å². The van der Waals surface area contributed by atoms with Crippen molar-refractivity contribution in [3.8, 4) is 23.1 Å². The van der Waals surface area contributed by atoms with Crippen LogP contribution in [0.15, 0.2) is 54.6 Å². The van der Waals surface area contributed by atoms with Gasteiger partial charge in [0.1, 0.15) is 0 Å². The molecule has 1 N–H and O–H groups in total. The molecule has 0 saturated carbocycles. The topological polar surface area (TPSA) is 69.0 Å². The van der Waals surface area contributed by atoms with Gasteiger partial charge in [-0.2, -0.15) is 5.10 Å². The lowest BCUT2D eigenvalue weighted by molar-refractivity contribution is 0.0194. The molecule has 0 saturated heterocycles. The smallest absolute Gasteiger partial charge is 0.227 e. The van der Waals surface area contributed by atoms with Crippen LogP contribution >= 0.6 is 0 Å². The predicted molar refractivity (Wildman–Crippen MR) is 134 cm³/mol. The van der Waals surface area contributed by atoms with Crippen molar-refractivity contribution in [2.75, 3.05) is 33.4 Å². The van der Waals surface area contributed by atoms with E-state index < -0.39 is 6.10 Å². The average molecular weight is 468 g/mol. The Labute approximate surface area is 202 Å². The minimum atomic E-state index is -0.556. The van der Waals surface area contributed by atoms with E-state index >= 15 is 0 Å². The highest BCUT2D eigenvalue weighted by Gasteiger charge is 2.24. The lowest BCUT2D eigenvalue weighted by Crippen LogP contribution is -2.35. The second kappa shape index (κ2) is 13.1. The molecule has 0 fully saturated rings. The van der Waals surface area contributed by atoms with Crippen molar-refractivity contribution in [2.45, 2.75) is 46.3 Å². The Balaban J connectivity index is 2.02. The number of methoxy groups -OCH3 is 1. The number of hydrogen-bond donors (Lipinski definition) is 1. The first-order valence-corrected chi connectivity index (χ1v) is 12.1. The lowest BCUT2D eigenvalue weighted by Gasteiger charge is -2.25. The van der Waals surface area contributed by atoms with Crippen LogP contribution < -0.4 is 9.47 Å². The Morgan fingerprint density at radius 3 is 2.35 bits per heavy atom. The summed E-state index contributed by atoms with van der Waals surface area (Å²) in [5.41, 5.74) is 2.90. The fraction of sp³-hybridized carbons (Fsp3) is 0.444. The molecule has 0 aliphatic carbocycles. The molecule has 2 aromatic carbocycles. The van der Waals surface area contributed by atoms with Crippen molar-refractivity contribution in [3.05, 3.63) is 65.9 Å². The van der Waals surface area contributed by atoms with E-state index in [1.165, 1.54) is 0 Å². The highest BCUT2D eigenvalue weighted by Crippen LogP contribution is 2.36. The summed E-state index contributed by atoms with van der Waals surface area (Å²) in [6.45, 7) is 9.06. The van der Waals surface area contributed by atoms with Gasteiger partial charge in [-0.3, -0.25) is 4.90 Å². The predicted octanol–water partition coefficient (Wildman–Crippen LogP) is 4.85. The zero-order chi connectivity index (χ0) is 24.3. The van der Waals surface area contributed by atoms with Crippen LogP contribution in [0, 0.1) is 0 Å². The monoisotopic (exact) mass is 467 g/mol. The van der Waals surface area contributed by atoms with E-state index in [1.807, 2.05) is 66.2 Å². The van der Waals surface area contributed by atoms with Gasteiger partial charge in [-0.1, -0.05) is 44.2 Å². The molecule has 7 heteroatoms. The minimum absolute atomic E-state index is 0.325. The molecule has 1 aromatic heterocycles. The Morgan fingerprint density at radius 1 is 1.00 bits per heavy atom. The Kier molecular flexibility index (Phi) is 9.94. The summed E-state index contributed by atoms with van der Waals surface area (Å²) < 4.78 is 19.3. The van der Waals surface area contributed by atoms with E-state index in [0.29, 0.717) is 43.7 Å². The second-order valence-corrected chi connectivity index (χ2v) is 8.13. The van der Waals surface area contributed by atoms with Crippen molar-refractivity contribution in [3.63, 3.8) is 0 Å². The van der Waals surface area contributed by atoms with Crippen molar-refractivity contribution in [2.24, 2.45) is 0 Å². The van der Waals surface area contributed by atoms with Crippen LogP contribution in [-0.2, 0) is 17.7 Å². The summed E-state index contributed by atoms with van der Waals surface area (Å²) in [5, 5.41) is 15.4. The highest BCUT2D eigenvalue weighted by molar-refractivity contribution is 5.47. The molecule has 1 heterocycles. The maximum absolute atomic E-state index is 10.5. The molecule has 0 aliphatic rings. The van der Waals surface area contributed by atoms with Gasteiger partial charge in [0.15, 0.2) is 11.5 Å². The summed E-state index contributed by atoms with van der Waals surface area (Å²) in [4.78, 5) is 2.24. The van der Waals surface area contributed by atoms with Crippen LogP contribution in [0.3, 0.4) is 0 Å². The molecule has 7 nitrogen and oxygen atoms in total. The molecule has 184 valence electrons. The van der Waals surface area contributed by atoms with Gasteiger partial charge in [-0.15, -0.1) is 0 Å². The Morgan fingerprint density at radius 2 is 1.71 bits per heavy atom. The number of benzene rings is 2. The fourth-order valence-corrected chi connectivity index (χ4v) is 3.96. The summed E-state index contributed by atoms with van der Waals surface area (Å²) in [6.07, 6.45) is 1.18. The molecule has 0 spiro atoms. The molecule has 0 unspecified atom stereocenters. The first-order chi connectivity index (χ1) is 16.6. The van der Waals surface area contributed by atoms with Crippen LogP contribution in [0.25, 0.3) is 5.69 Å². The van der Waals surface area contributed by atoms with Crippen LogP contribution in [-0.4, -0.2) is 59.3 Å². The molecule has 3 rings (SSSR count). The minimum Gasteiger partial charge on any atom is -0.493 e. The van der Waals surface area contributed by atoms with E-state index in [4.69, 9.17) is 19.3 Å². The van der Waals surface area contributed by atoms with Crippen molar-refractivity contribution in [1.82, 2.24) is 14.7 Å². The van der Waals surface area contributed by atoms with Crippen LogP contribution in [0.4, 0.5) is 0 Å². The molecule has 1 atom stereocenters. The second-order valence-electron chi connectivity index (χ2n) is 8.13. The number of para-hydroxylation sites is 3. The van der Waals surface area contributed by atoms with Gasteiger partial charge in [0.25, 0.3) is 0 Å². The number of aryl methyl sites for hydroxylation is 1. The molecule has 0 radical (unpaired) electrons. The quantitative estimate of drug-likeness (QED) is 0.366. The maximum atomic E-state index is 10.5. The average Bonchev–Trinajstić information content (AvgIpc) is 3.20. The molecule has 3 aromatic rings. The molecular formula is C27H37N3O4. The van der Waals surface area contributed by atoms with Crippen molar-refractivity contribution >= 4 is 0 Å². The van der Waals surface area contributed by atoms with E-state index in [1.54, 1.807) is 7.11 Å². The normalized spacial score (nSPS) is 12.2. The zero-order valence-corrected chi connectivity index (χ0v) is 20.7. The highest BCUT2D eigenvalue weighted by atomic mass is 16.5. The summed E-state index contributed by atoms with van der Waals surface area (Å²) in [5.74, 6) is 1.95. The molecular weight excluding hydrogens is 430 g/mol. The number of nitrogens with zero attached hydrogens (tertiary/aromatic N) is 3. The summed E-state index contributed by atoms with van der Waals surface area (Å²) in [6, 6.07) is 17.6. The summed E-state index contributed by atoms with van der Waals surface area (Å²) >= 11 is 0. The van der Waals surface area contributed by atoms with E-state index in [-0.39, 0.29) is 0 Å². The number of rotatable bonds is 14. The Bertz CT molecular complexity index is 1010. The summed E-state index contributed by atoms with van der Waals surface area (Å²) in [7, 11) is 1.64. The Hall–Kier alpha value is -2.87. The van der Waals surface area contributed by atoms with Gasteiger partial charge in [-0.25, -0.2) is 4.68 Å². The van der Waals surface area contributed by atoms with Crippen molar-refractivity contribution < 1.29 is 19.3 Å². The van der Waals surface area contributed by atoms with E-state index in [2.05, 4.69) is 18.7 Å². The number of aliphatic hydroxyl groups is 1. The first-order valence-electron chi connectivity index (χ1n) is 12.1. The van der Waals surface area contributed by atoms with Crippen molar-refractivity contribution in [1.29, 1.82) is 0 Å². The van der Waals surface area contributed by atoms with Gasteiger partial charge in [0, 0.05) is 19.7 Å². The fourth-order valence-electron chi connectivity index (χ4n) is 3.96. The SMILES string of the molecule is CCCN(Cc1c(CC)nn(-c2ccccc2)c1Oc1ccccc1OC)C[C@H](O)COCC. The number of aliphatic hydroxyl groups excluding tert-OH is 1. The van der Waals surface area contributed by atoms with Gasteiger partial charge in [0.2, 0.25) is 5.88 Å². The molecule has 34 heavy (non-hydrogen) atoms. The molecule has 0 bridgehead atoms. The zero-order valence-electron chi connectivity index (χ0n) is 20.7. The third-order valence-corrected chi connectivity index (χ3v) is 5.54. The first kappa shape index (κ1) is 25.7.